The summed E-state index contributed by atoms with van der Waals surface area (Å²) in [5.41, 5.74) is 9.43. The Balaban J connectivity index is 2.90. The minimum atomic E-state index is 0.297. The zero-order chi connectivity index (χ0) is 11.6. The van der Waals surface area contributed by atoms with Crippen molar-refractivity contribution in [3.63, 3.8) is 0 Å². The Morgan fingerprint density at radius 1 is 1.27 bits per heavy atom. The van der Waals surface area contributed by atoms with Gasteiger partial charge in [0.2, 0.25) is 0 Å². The third-order valence-electron chi connectivity index (χ3n) is 2.36. The molecular weight excluding hydrogens is 184 g/mol. The Morgan fingerprint density at radius 2 is 1.87 bits per heavy atom. The summed E-state index contributed by atoms with van der Waals surface area (Å²) in [6, 6.07) is 6.06. The van der Waals surface area contributed by atoms with Crippen molar-refractivity contribution in [3.8, 4) is 0 Å². The van der Waals surface area contributed by atoms with Crippen molar-refractivity contribution in [1.82, 2.24) is 0 Å². The normalized spacial score (nSPS) is 11.5. The summed E-state index contributed by atoms with van der Waals surface area (Å²) in [6.07, 6.45) is 0. The molecule has 0 fully saturated rings. The number of nitrogens with zero attached hydrogens (tertiary/aromatic N) is 1. The average molecular weight is 206 g/mol. The third kappa shape index (κ3) is 3.46. The molecule has 1 aromatic rings. The maximum Gasteiger partial charge on any atom is 0.0414 e. The number of hydrogen-bond donors (Lipinski definition) is 1. The maximum absolute atomic E-state index is 5.80. The average Bonchev–Trinajstić information content (AvgIpc) is 2.06. The van der Waals surface area contributed by atoms with Crippen LogP contribution in [0.3, 0.4) is 0 Å². The van der Waals surface area contributed by atoms with E-state index in [1.807, 2.05) is 12.1 Å². The SMILES string of the molecule is Cc1ccc(N)cc1N(C)CC(C)(C)C. The van der Waals surface area contributed by atoms with E-state index >= 15 is 0 Å². The highest BCUT2D eigenvalue weighted by Gasteiger charge is 2.15. The molecule has 0 aliphatic carbocycles. The van der Waals surface area contributed by atoms with Crippen LogP contribution in [0.4, 0.5) is 11.4 Å². The molecule has 2 N–H and O–H groups in total. The topological polar surface area (TPSA) is 29.3 Å². The number of nitrogens with two attached hydrogens (primary N) is 1. The van der Waals surface area contributed by atoms with E-state index in [0.717, 1.165) is 12.2 Å². The number of rotatable bonds is 2. The highest BCUT2D eigenvalue weighted by molar-refractivity contribution is 5.60. The first-order valence-corrected chi connectivity index (χ1v) is 5.37. The Bertz CT molecular complexity index is 337. The molecule has 0 amide bonds. The molecule has 1 rings (SSSR count). The molecule has 0 unspecified atom stereocenters. The molecule has 0 atom stereocenters. The van der Waals surface area contributed by atoms with Gasteiger partial charge in [-0.3, -0.25) is 0 Å². The van der Waals surface area contributed by atoms with Crippen molar-refractivity contribution in [2.24, 2.45) is 5.41 Å². The third-order valence-corrected chi connectivity index (χ3v) is 2.36. The first kappa shape index (κ1) is 11.9. The largest absolute Gasteiger partial charge is 0.399 e. The molecule has 1 aromatic carbocycles. The van der Waals surface area contributed by atoms with Crippen molar-refractivity contribution >= 4 is 11.4 Å². The van der Waals surface area contributed by atoms with E-state index in [2.05, 4.69) is 45.7 Å². The molecule has 0 heterocycles. The standard InChI is InChI=1S/C13H22N2/c1-10-6-7-11(14)8-12(10)15(5)9-13(2,3)4/h6-8H,9,14H2,1-5H3. The fourth-order valence-corrected chi connectivity index (χ4v) is 1.83. The second-order valence-electron chi connectivity index (χ2n) is 5.46. The van der Waals surface area contributed by atoms with Gasteiger partial charge in [-0.1, -0.05) is 26.8 Å². The van der Waals surface area contributed by atoms with Crippen molar-refractivity contribution in [1.29, 1.82) is 0 Å². The minimum Gasteiger partial charge on any atom is -0.399 e. The summed E-state index contributed by atoms with van der Waals surface area (Å²) in [7, 11) is 2.12. The first-order valence-electron chi connectivity index (χ1n) is 5.37. The fraction of sp³-hybridized carbons (Fsp3) is 0.538. The van der Waals surface area contributed by atoms with Crippen LogP contribution in [0.25, 0.3) is 0 Å². The van der Waals surface area contributed by atoms with E-state index in [4.69, 9.17) is 5.73 Å². The lowest BCUT2D eigenvalue weighted by Crippen LogP contribution is -2.29. The second kappa shape index (κ2) is 4.13. The van der Waals surface area contributed by atoms with Crippen LogP contribution in [0, 0.1) is 12.3 Å². The van der Waals surface area contributed by atoms with Crippen LogP contribution in [0.1, 0.15) is 26.3 Å². The van der Waals surface area contributed by atoms with Crippen molar-refractivity contribution < 1.29 is 0 Å². The summed E-state index contributed by atoms with van der Waals surface area (Å²) >= 11 is 0. The van der Waals surface area contributed by atoms with Gasteiger partial charge in [0.15, 0.2) is 0 Å². The van der Waals surface area contributed by atoms with Gasteiger partial charge < -0.3 is 10.6 Å². The van der Waals surface area contributed by atoms with Gasteiger partial charge in [0.05, 0.1) is 0 Å². The van der Waals surface area contributed by atoms with E-state index in [-0.39, 0.29) is 0 Å². The van der Waals surface area contributed by atoms with Gasteiger partial charge in [0, 0.05) is 25.0 Å². The zero-order valence-corrected chi connectivity index (χ0v) is 10.5. The maximum atomic E-state index is 5.80. The number of nitrogen functional groups attached to an aromatic ring is 1. The van der Waals surface area contributed by atoms with E-state index in [0.29, 0.717) is 5.41 Å². The molecule has 0 bridgehead atoms. The number of aryl methyl sites for hydroxylation is 1. The summed E-state index contributed by atoms with van der Waals surface area (Å²) in [6.45, 7) is 9.87. The molecule has 0 saturated heterocycles. The number of benzene rings is 1. The van der Waals surface area contributed by atoms with Crippen LogP contribution in [0.5, 0.6) is 0 Å². The van der Waals surface area contributed by atoms with Gasteiger partial charge in [0.1, 0.15) is 0 Å². The second-order valence-corrected chi connectivity index (χ2v) is 5.46. The molecule has 0 spiro atoms. The van der Waals surface area contributed by atoms with Gasteiger partial charge in [0.25, 0.3) is 0 Å². The Hall–Kier alpha value is -1.18. The molecule has 0 saturated carbocycles. The molecule has 84 valence electrons. The predicted octanol–water partition coefficient (Wildman–Crippen LogP) is 3.06. The molecule has 0 aliphatic heterocycles. The monoisotopic (exact) mass is 206 g/mol. The fourth-order valence-electron chi connectivity index (χ4n) is 1.83. The van der Waals surface area contributed by atoms with Crippen LogP contribution in [-0.4, -0.2) is 13.6 Å². The zero-order valence-electron chi connectivity index (χ0n) is 10.5. The van der Waals surface area contributed by atoms with Crippen LogP contribution in [0.15, 0.2) is 18.2 Å². The van der Waals surface area contributed by atoms with Gasteiger partial charge in [-0.25, -0.2) is 0 Å². The molecule has 0 aromatic heterocycles. The van der Waals surface area contributed by atoms with E-state index in [1.165, 1.54) is 11.3 Å². The summed E-state index contributed by atoms with van der Waals surface area (Å²) in [5.74, 6) is 0. The quantitative estimate of drug-likeness (QED) is 0.754. The van der Waals surface area contributed by atoms with Gasteiger partial charge in [-0.15, -0.1) is 0 Å². The number of hydrogen-bond acceptors (Lipinski definition) is 2. The smallest absolute Gasteiger partial charge is 0.0414 e. The first-order chi connectivity index (χ1) is 6.79. The summed E-state index contributed by atoms with van der Waals surface area (Å²) in [5, 5.41) is 0. The van der Waals surface area contributed by atoms with Gasteiger partial charge in [-0.2, -0.15) is 0 Å². The Morgan fingerprint density at radius 3 is 2.40 bits per heavy atom. The van der Waals surface area contributed by atoms with E-state index in [9.17, 15) is 0 Å². The van der Waals surface area contributed by atoms with Crippen molar-refractivity contribution in [3.05, 3.63) is 23.8 Å². The van der Waals surface area contributed by atoms with Gasteiger partial charge in [-0.05, 0) is 30.0 Å². The lowest BCUT2D eigenvalue weighted by Gasteiger charge is -2.29. The summed E-state index contributed by atoms with van der Waals surface area (Å²) in [4.78, 5) is 2.27. The highest BCUT2D eigenvalue weighted by atomic mass is 15.1. The Kier molecular flexibility index (Phi) is 3.28. The van der Waals surface area contributed by atoms with E-state index in [1.54, 1.807) is 0 Å². The molecule has 2 heteroatoms. The van der Waals surface area contributed by atoms with Crippen LogP contribution in [-0.2, 0) is 0 Å². The van der Waals surface area contributed by atoms with Crippen LogP contribution >= 0.6 is 0 Å². The summed E-state index contributed by atoms with van der Waals surface area (Å²) < 4.78 is 0. The number of anilines is 2. The Labute approximate surface area is 93.1 Å². The lowest BCUT2D eigenvalue weighted by atomic mass is 9.96. The molecule has 15 heavy (non-hydrogen) atoms. The van der Waals surface area contributed by atoms with Crippen molar-refractivity contribution in [2.45, 2.75) is 27.7 Å². The van der Waals surface area contributed by atoms with E-state index < -0.39 is 0 Å². The van der Waals surface area contributed by atoms with Gasteiger partial charge >= 0.3 is 0 Å². The predicted molar refractivity (Wildman–Crippen MR) is 68.3 cm³/mol. The lowest BCUT2D eigenvalue weighted by molar-refractivity contribution is 0.419. The molecular formula is C13H22N2. The highest BCUT2D eigenvalue weighted by Crippen LogP contribution is 2.25. The minimum absolute atomic E-state index is 0.297. The molecule has 2 nitrogen and oxygen atoms in total. The van der Waals surface area contributed by atoms with Crippen LogP contribution < -0.4 is 10.6 Å². The molecule has 0 aliphatic rings. The molecule has 0 radical (unpaired) electrons. The van der Waals surface area contributed by atoms with Crippen molar-refractivity contribution in [2.75, 3.05) is 24.2 Å². The van der Waals surface area contributed by atoms with Crippen LogP contribution in [0.2, 0.25) is 0 Å².